The van der Waals surface area contributed by atoms with Crippen LogP contribution in [0.3, 0.4) is 0 Å². The zero-order valence-electron chi connectivity index (χ0n) is 12.4. The molecule has 110 valence electrons. The fourth-order valence-electron chi connectivity index (χ4n) is 3.28. The smallest absolute Gasteiger partial charge is 0.165 e. The van der Waals surface area contributed by atoms with E-state index < -0.39 is 0 Å². The summed E-state index contributed by atoms with van der Waals surface area (Å²) < 4.78 is 0. The Morgan fingerprint density at radius 1 is 1.18 bits per heavy atom. The number of hydrogen-bond donors (Lipinski definition) is 0. The first-order chi connectivity index (χ1) is 10.8. The van der Waals surface area contributed by atoms with E-state index in [-0.39, 0.29) is 17.6 Å². The second kappa shape index (κ2) is 6.53. The van der Waals surface area contributed by atoms with Crippen LogP contribution >= 0.6 is 0 Å². The van der Waals surface area contributed by atoms with Crippen LogP contribution in [0.25, 0.3) is 0 Å². The Labute approximate surface area is 130 Å². The summed E-state index contributed by atoms with van der Waals surface area (Å²) in [6, 6.07) is 15.3. The van der Waals surface area contributed by atoms with Crippen LogP contribution in [0.2, 0.25) is 0 Å². The van der Waals surface area contributed by atoms with Gasteiger partial charge in [-0.3, -0.25) is 9.78 Å². The summed E-state index contributed by atoms with van der Waals surface area (Å²) in [6.07, 6.45) is 5.54. The zero-order valence-corrected chi connectivity index (χ0v) is 12.4. The summed E-state index contributed by atoms with van der Waals surface area (Å²) in [7, 11) is 0. The molecule has 0 aliphatic heterocycles. The molecular formula is C19H18N2O. The van der Waals surface area contributed by atoms with Crippen LogP contribution < -0.4 is 0 Å². The molecule has 1 heterocycles. The number of nitriles is 1. The van der Waals surface area contributed by atoms with Crippen molar-refractivity contribution in [2.75, 3.05) is 0 Å². The van der Waals surface area contributed by atoms with Gasteiger partial charge in [0, 0.05) is 29.3 Å². The number of benzene rings is 1. The molecule has 0 radical (unpaired) electrons. The molecule has 1 aliphatic rings. The van der Waals surface area contributed by atoms with E-state index in [1.54, 1.807) is 12.3 Å². The lowest BCUT2D eigenvalue weighted by atomic mass is 9.76. The van der Waals surface area contributed by atoms with Gasteiger partial charge in [-0.1, -0.05) is 36.8 Å². The molecule has 2 aromatic rings. The Balaban J connectivity index is 1.77. The number of hydrogen-bond acceptors (Lipinski definition) is 3. The van der Waals surface area contributed by atoms with E-state index in [0.29, 0.717) is 5.56 Å². The third kappa shape index (κ3) is 3.07. The first-order valence-corrected chi connectivity index (χ1v) is 7.73. The van der Waals surface area contributed by atoms with Gasteiger partial charge in [-0.05, 0) is 31.4 Å². The summed E-state index contributed by atoms with van der Waals surface area (Å²) in [6.45, 7) is 0. The van der Waals surface area contributed by atoms with Gasteiger partial charge in [0.1, 0.15) is 0 Å². The molecule has 1 aliphatic carbocycles. The summed E-state index contributed by atoms with van der Waals surface area (Å²) in [5, 5.41) is 9.02. The van der Waals surface area contributed by atoms with Crippen molar-refractivity contribution in [3.05, 3.63) is 65.5 Å². The number of pyridine rings is 1. The fourth-order valence-corrected chi connectivity index (χ4v) is 3.28. The van der Waals surface area contributed by atoms with Gasteiger partial charge in [-0.2, -0.15) is 5.26 Å². The lowest BCUT2D eigenvalue weighted by Gasteiger charge is -2.28. The van der Waals surface area contributed by atoms with Gasteiger partial charge in [0.15, 0.2) is 5.78 Å². The maximum absolute atomic E-state index is 12.6. The van der Waals surface area contributed by atoms with Gasteiger partial charge in [0.25, 0.3) is 0 Å². The summed E-state index contributed by atoms with van der Waals surface area (Å²) >= 11 is 0. The molecule has 2 atom stereocenters. The number of ketones is 1. The topological polar surface area (TPSA) is 53.8 Å². The van der Waals surface area contributed by atoms with Crippen molar-refractivity contribution in [2.45, 2.75) is 31.6 Å². The van der Waals surface area contributed by atoms with Crippen molar-refractivity contribution >= 4 is 5.78 Å². The van der Waals surface area contributed by atoms with E-state index in [9.17, 15) is 4.79 Å². The third-order valence-electron chi connectivity index (χ3n) is 4.43. The zero-order chi connectivity index (χ0) is 15.4. The van der Waals surface area contributed by atoms with Crippen LogP contribution in [0.4, 0.5) is 0 Å². The summed E-state index contributed by atoms with van der Waals surface area (Å²) in [5.74, 6) is 0.579. The number of aromatic nitrogens is 1. The molecule has 0 N–H and O–H groups in total. The van der Waals surface area contributed by atoms with Gasteiger partial charge < -0.3 is 0 Å². The van der Waals surface area contributed by atoms with Crippen LogP contribution in [0.1, 0.15) is 53.2 Å². The predicted octanol–water partition coefficient (Wildman–Crippen LogP) is 4.11. The quantitative estimate of drug-likeness (QED) is 0.799. The predicted molar refractivity (Wildman–Crippen MR) is 84.4 cm³/mol. The van der Waals surface area contributed by atoms with E-state index >= 15 is 0 Å². The van der Waals surface area contributed by atoms with Crippen LogP contribution in [0.15, 0.2) is 48.7 Å². The molecule has 1 aromatic heterocycles. The Bertz CT molecular complexity index is 703. The van der Waals surface area contributed by atoms with Crippen LogP contribution in [-0.4, -0.2) is 10.8 Å². The normalized spacial score (nSPS) is 21.0. The molecule has 0 saturated heterocycles. The standard InChI is InChI=1S/C19H18N2O/c20-13-14-9-10-21-18(11-14)16-7-4-8-17(12-16)19(22)15-5-2-1-3-6-15/h1-3,5-6,9-11,16-17H,4,7-8,12H2/t16-,17-/m0/s1. The lowest BCUT2D eigenvalue weighted by molar-refractivity contribution is 0.0880. The van der Waals surface area contributed by atoms with Gasteiger partial charge in [-0.15, -0.1) is 0 Å². The average molecular weight is 290 g/mol. The van der Waals surface area contributed by atoms with Crippen molar-refractivity contribution < 1.29 is 4.79 Å². The molecule has 22 heavy (non-hydrogen) atoms. The molecule has 0 spiro atoms. The van der Waals surface area contributed by atoms with E-state index in [4.69, 9.17) is 5.26 Å². The minimum absolute atomic E-state index is 0.0636. The Kier molecular flexibility index (Phi) is 4.29. The highest BCUT2D eigenvalue weighted by molar-refractivity contribution is 5.97. The monoisotopic (exact) mass is 290 g/mol. The van der Waals surface area contributed by atoms with Crippen LogP contribution in [0, 0.1) is 17.2 Å². The van der Waals surface area contributed by atoms with Crippen molar-refractivity contribution in [2.24, 2.45) is 5.92 Å². The minimum Gasteiger partial charge on any atom is -0.294 e. The second-order valence-electron chi connectivity index (χ2n) is 5.87. The molecular weight excluding hydrogens is 272 g/mol. The highest BCUT2D eigenvalue weighted by Crippen LogP contribution is 2.37. The first-order valence-electron chi connectivity index (χ1n) is 7.73. The fraction of sp³-hybridized carbons (Fsp3) is 0.316. The Morgan fingerprint density at radius 2 is 2.00 bits per heavy atom. The van der Waals surface area contributed by atoms with Crippen molar-refractivity contribution in [1.82, 2.24) is 4.98 Å². The molecule has 1 saturated carbocycles. The number of rotatable bonds is 3. The van der Waals surface area contributed by atoms with Gasteiger partial charge in [-0.25, -0.2) is 0 Å². The van der Waals surface area contributed by atoms with E-state index in [1.807, 2.05) is 36.4 Å². The van der Waals surface area contributed by atoms with Crippen LogP contribution in [-0.2, 0) is 0 Å². The SMILES string of the molecule is N#Cc1ccnc([C@H]2CCC[C@H](C(=O)c3ccccc3)C2)c1. The van der Waals surface area contributed by atoms with Gasteiger partial charge in [0.2, 0.25) is 0 Å². The molecule has 0 unspecified atom stereocenters. The number of carbonyl (C=O) groups excluding carboxylic acids is 1. The summed E-state index contributed by atoms with van der Waals surface area (Å²) in [4.78, 5) is 17.0. The van der Waals surface area contributed by atoms with Crippen molar-refractivity contribution in [1.29, 1.82) is 5.26 Å². The lowest BCUT2D eigenvalue weighted by Crippen LogP contribution is -2.22. The Hall–Kier alpha value is -2.47. The molecule has 3 heteroatoms. The minimum atomic E-state index is 0.0636. The molecule has 1 fully saturated rings. The number of nitrogens with zero attached hydrogens (tertiary/aromatic N) is 2. The van der Waals surface area contributed by atoms with Crippen molar-refractivity contribution in [3.63, 3.8) is 0 Å². The maximum atomic E-state index is 12.6. The molecule has 0 bridgehead atoms. The second-order valence-corrected chi connectivity index (χ2v) is 5.87. The molecule has 1 aromatic carbocycles. The highest BCUT2D eigenvalue weighted by Gasteiger charge is 2.29. The van der Waals surface area contributed by atoms with E-state index in [1.165, 1.54) is 0 Å². The first kappa shape index (κ1) is 14.5. The molecule has 3 rings (SSSR count). The summed E-state index contributed by atoms with van der Waals surface area (Å²) in [5.41, 5.74) is 2.39. The number of carbonyl (C=O) groups is 1. The average Bonchev–Trinajstić information content (AvgIpc) is 2.62. The third-order valence-corrected chi connectivity index (χ3v) is 4.43. The van der Waals surface area contributed by atoms with E-state index in [0.717, 1.165) is 36.9 Å². The van der Waals surface area contributed by atoms with Gasteiger partial charge in [0.05, 0.1) is 11.6 Å². The van der Waals surface area contributed by atoms with Crippen molar-refractivity contribution in [3.8, 4) is 6.07 Å². The van der Waals surface area contributed by atoms with E-state index in [2.05, 4.69) is 11.1 Å². The van der Waals surface area contributed by atoms with Gasteiger partial charge >= 0.3 is 0 Å². The Morgan fingerprint density at radius 3 is 2.77 bits per heavy atom. The molecule has 3 nitrogen and oxygen atoms in total. The molecule has 0 amide bonds. The largest absolute Gasteiger partial charge is 0.294 e. The number of Topliss-reactive ketones (excluding diaryl/α,β-unsaturated/α-hetero) is 1. The maximum Gasteiger partial charge on any atom is 0.165 e. The van der Waals surface area contributed by atoms with Crippen LogP contribution in [0.5, 0.6) is 0 Å². The highest BCUT2D eigenvalue weighted by atomic mass is 16.1.